The summed E-state index contributed by atoms with van der Waals surface area (Å²) in [6.45, 7) is 3.64. The number of aromatic nitrogens is 1. The van der Waals surface area contributed by atoms with Crippen LogP contribution >= 0.6 is 0 Å². The van der Waals surface area contributed by atoms with E-state index in [4.69, 9.17) is 5.26 Å². The molecule has 2 aromatic rings. The molecule has 0 saturated carbocycles. The molecule has 1 heterocycles. The third kappa shape index (κ3) is 4.10. The first-order valence-electron chi connectivity index (χ1n) is 8.37. The molecule has 1 aromatic heterocycles. The van der Waals surface area contributed by atoms with Crippen molar-refractivity contribution in [2.75, 3.05) is 0 Å². The van der Waals surface area contributed by atoms with E-state index in [2.05, 4.69) is 4.98 Å². The Bertz CT molecular complexity index is 767. The Hall–Kier alpha value is -2.13. The first-order valence-corrected chi connectivity index (χ1v) is 8.37. The van der Waals surface area contributed by atoms with Crippen molar-refractivity contribution in [3.8, 4) is 6.07 Å². The van der Waals surface area contributed by atoms with Gasteiger partial charge in [-0.25, -0.2) is 4.98 Å². The summed E-state index contributed by atoms with van der Waals surface area (Å²) in [5.74, 6) is -1.32. The molecular formula is C19H21F3N2O. The number of nitrogens with zero attached hydrogens (tertiary/aromatic N) is 2. The van der Waals surface area contributed by atoms with Gasteiger partial charge in [0, 0.05) is 17.5 Å². The zero-order valence-electron chi connectivity index (χ0n) is 14.2. The summed E-state index contributed by atoms with van der Waals surface area (Å²) >= 11 is 0. The van der Waals surface area contributed by atoms with Crippen molar-refractivity contribution in [3.05, 3.63) is 41.7 Å². The normalized spacial score (nSPS) is 15.6. The fraction of sp³-hybridized carbons (Fsp3) is 0.474. The molecule has 1 N–H and O–H groups in total. The molecule has 134 valence electrons. The number of rotatable bonds is 6. The van der Waals surface area contributed by atoms with Crippen LogP contribution in [0.4, 0.5) is 13.2 Å². The van der Waals surface area contributed by atoms with Gasteiger partial charge in [0.15, 0.2) is 6.10 Å². The van der Waals surface area contributed by atoms with Crippen molar-refractivity contribution in [2.45, 2.75) is 51.3 Å². The summed E-state index contributed by atoms with van der Waals surface area (Å²) in [4.78, 5) is 4.00. The smallest absolute Gasteiger partial charge is 0.383 e. The predicted molar refractivity (Wildman–Crippen MR) is 89.9 cm³/mol. The van der Waals surface area contributed by atoms with Gasteiger partial charge in [0.2, 0.25) is 0 Å². The van der Waals surface area contributed by atoms with Gasteiger partial charge in [0.1, 0.15) is 11.8 Å². The molecule has 0 amide bonds. The number of alkyl halides is 3. The monoisotopic (exact) mass is 350 g/mol. The van der Waals surface area contributed by atoms with Crippen molar-refractivity contribution in [2.24, 2.45) is 5.92 Å². The molecule has 0 bridgehead atoms. The Labute approximate surface area is 145 Å². The van der Waals surface area contributed by atoms with Crippen LogP contribution in [0, 0.1) is 17.2 Å². The number of halogens is 3. The van der Waals surface area contributed by atoms with Crippen molar-refractivity contribution < 1.29 is 18.3 Å². The lowest BCUT2D eigenvalue weighted by atomic mass is 9.77. The zero-order chi connectivity index (χ0) is 18.6. The fourth-order valence-corrected chi connectivity index (χ4v) is 3.46. The van der Waals surface area contributed by atoms with Crippen LogP contribution in [0.15, 0.2) is 30.5 Å². The SMILES string of the molecule is CCCC(C(CC)c1ccc2c(C#N)nccc2c1)C(O)C(F)(F)F. The molecule has 0 fully saturated rings. The molecule has 2 rings (SSSR count). The third-order valence-corrected chi connectivity index (χ3v) is 4.64. The van der Waals surface area contributed by atoms with Crippen molar-refractivity contribution >= 4 is 10.8 Å². The molecule has 3 unspecified atom stereocenters. The molecule has 0 aliphatic heterocycles. The summed E-state index contributed by atoms with van der Waals surface area (Å²) in [6, 6.07) is 9.02. The molecule has 1 aromatic carbocycles. The standard InChI is InChI=1S/C19H21F3N2O/c1-3-5-16(18(25)19(20,21)22)14(4-2)12-6-7-15-13(10-12)8-9-24-17(15)11-23/h6-10,14,16,18,25H,3-5H2,1-2H3. The lowest BCUT2D eigenvalue weighted by molar-refractivity contribution is -0.222. The van der Waals surface area contributed by atoms with E-state index in [0.717, 1.165) is 10.9 Å². The van der Waals surface area contributed by atoms with E-state index in [9.17, 15) is 18.3 Å². The highest BCUT2D eigenvalue weighted by atomic mass is 19.4. The van der Waals surface area contributed by atoms with E-state index in [1.165, 1.54) is 6.20 Å². The van der Waals surface area contributed by atoms with Gasteiger partial charge in [-0.15, -0.1) is 0 Å². The number of hydrogen-bond acceptors (Lipinski definition) is 3. The molecule has 0 aliphatic rings. The van der Waals surface area contributed by atoms with Gasteiger partial charge in [0.05, 0.1) is 0 Å². The fourth-order valence-electron chi connectivity index (χ4n) is 3.46. The Kier molecular flexibility index (Phi) is 6.02. The molecular weight excluding hydrogens is 329 g/mol. The molecule has 0 saturated heterocycles. The van der Waals surface area contributed by atoms with Gasteiger partial charge >= 0.3 is 6.18 Å². The summed E-state index contributed by atoms with van der Waals surface area (Å²) < 4.78 is 39.3. The molecule has 3 nitrogen and oxygen atoms in total. The number of pyridine rings is 1. The van der Waals surface area contributed by atoms with Gasteiger partial charge in [-0.3, -0.25) is 0 Å². The Balaban J connectivity index is 2.48. The molecule has 3 atom stereocenters. The van der Waals surface area contributed by atoms with Crippen LogP contribution in [0.1, 0.15) is 50.3 Å². The Morgan fingerprint density at radius 1 is 1.24 bits per heavy atom. The zero-order valence-corrected chi connectivity index (χ0v) is 14.2. The Morgan fingerprint density at radius 2 is 1.96 bits per heavy atom. The van der Waals surface area contributed by atoms with Crippen molar-refractivity contribution in [1.82, 2.24) is 4.98 Å². The summed E-state index contributed by atoms with van der Waals surface area (Å²) in [6.07, 6.45) is -4.14. The van der Waals surface area contributed by atoms with Gasteiger partial charge in [0.25, 0.3) is 0 Å². The summed E-state index contributed by atoms with van der Waals surface area (Å²) in [7, 11) is 0. The molecule has 0 aliphatic carbocycles. The maximum Gasteiger partial charge on any atom is 0.414 e. The van der Waals surface area contributed by atoms with E-state index < -0.39 is 24.1 Å². The maximum atomic E-state index is 13.1. The number of aliphatic hydroxyl groups excluding tert-OH is 1. The van der Waals surface area contributed by atoms with Crippen LogP contribution in [0.2, 0.25) is 0 Å². The van der Waals surface area contributed by atoms with Gasteiger partial charge in [-0.1, -0.05) is 38.5 Å². The van der Waals surface area contributed by atoms with Crippen LogP contribution in [0.5, 0.6) is 0 Å². The average molecular weight is 350 g/mol. The highest BCUT2D eigenvalue weighted by Gasteiger charge is 2.45. The molecule has 6 heteroatoms. The topological polar surface area (TPSA) is 56.9 Å². The minimum absolute atomic E-state index is 0.289. The van der Waals surface area contributed by atoms with E-state index >= 15 is 0 Å². The van der Waals surface area contributed by atoms with Crippen LogP contribution in [-0.4, -0.2) is 22.4 Å². The van der Waals surface area contributed by atoms with Gasteiger partial charge < -0.3 is 5.11 Å². The largest absolute Gasteiger partial charge is 0.414 e. The van der Waals surface area contributed by atoms with Crippen LogP contribution in [0.25, 0.3) is 10.8 Å². The molecule has 0 radical (unpaired) electrons. The minimum Gasteiger partial charge on any atom is -0.383 e. The lowest BCUT2D eigenvalue weighted by Crippen LogP contribution is -2.39. The number of nitriles is 1. The molecule has 0 spiro atoms. The highest BCUT2D eigenvalue weighted by Crippen LogP contribution is 2.40. The van der Waals surface area contributed by atoms with Crippen LogP contribution in [-0.2, 0) is 0 Å². The second-order valence-electron chi connectivity index (χ2n) is 6.21. The summed E-state index contributed by atoms with van der Waals surface area (Å²) in [5.41, 5.74) is 1.03. The number of aliphatic hydroxyl groups is 1. The quantitative estimate of drug-likeness (QED) is 0.803. The van der Waals surface area contributed by atoms with Gasteiger partial charge in [-0.05, 0) is 35.8 Å². The van der Waals surface area contributed by atoms with E-state index in [1.54, 1.807) is 24.3 Å². The predicted octanol–water partition coefficient (Wildman–Crippen LogP) is 4.94. The summed E-state index contributed by atoms with van der Waals surface area (Å²) in [5, 5.41) is 20.4. The van der Waals surface area contributed by atoms with Crippen LogP contribution in [0.3, 0.4) is 0 Å². The first kappa shape index (κ1) is 19.2. The Morgan fingerprint density at radius 3 is 2.52 bits per heavy atom. The van der Waals surface area contributed by atoms with Crippen LogP contribution < -0.4 is 0 Å². The number of hydrogen-bond donors (Lipinski definition) is 1. The maximum absolute atomic E-state index is 13.1. The highest BCUT2D eigenvalue weighted by molar-refractivity contribution is 5.86. The van der Waals surface area contributed by atoms with E-state index in [1.807, 2.05) is 19.9 Å². The molecule has 25 heavy (non-hydrogen) atoms. The number of fused-ring (bicyclic) bond motifs is 1. The minimum atomic E-state index is -4.64. The second kappa shape index (κ2) is 7.83. The van der Waals surface area contributed by atoms with E-state index in [-0.39, 0.29) is 12.1 Å². The van der Waals surface area contributed by atoms with Crippen molar-refractivity contribution in [1.29, 1.82) is 5.26 Å². The first-order chi connectivity index (χ1) is 11.8. The number of benzene rings is 1. The van der Waals surface area contributed by atoms with Crippen molar-refractivity contribution in [3.63, 3.8) is 0 Å². The lowest BCUT2D eigenvalue weighted by Gasteiger charge is -2.32. The van der Waals surface area contributed by atoms with Gasteiger partial charge in [-0.2, -0.15) is 18.4 Å². The third-order valence-electron chi connectivity index (χ3n) is 4.64. The second-order valence-corrected chi connectivity index (χ2v) is 6.21. The van der Waals surface area contributed by atoms with E-state index in [0.29, 0.717) is 18.2 Å². The average Bonchev–Trinajstić information content (AvgIpc) is 2.59.